The Morgan fingerprint density at radius 1 is 1.08 bits per heavy atom. The molecular formula is C18H19N5O2. The van der Waals surface area contributed by atoms with Crippen molar-refractivity contribution < 1.29 is 9.90 Å². The molecule has 2 N–H and O–H groups in total. The van der Waals surface area contributed by atoms with Gasteiger partial charge in [0.1, 0.15) is 0 Å². The summed E-state index contributed by atoms with van der Waals surface area (Å²) in [4.78, 5) is 19.4. The van der Waals surface area contributed by atoms with Crippen LogP contribution in [0.3, 0.4) is 0 Å². The van der Waals surface area contributed by atoms with Crippen LogP contribution in [0.4, 0.5) is 0 Å². The number of hydrogen-bond donors (Lipinski definition) is 2. The molecule has 0 aliphatic heterocycles. The minimum Gasteiger partial charge on any atom is -0.505 e. The van der Waals surface area contributed by atoms with Crippen molar-refractivity contribution in [2.45, 2.75) is 19.3 Å². The Hall–Kier alpha value is -3.22. The lowest BCUT2D eigenvalue weighted by Gasteiger charge is -2.03. The molecule has 7 nitrogen and oxygen atoms in total. The van der Waals surface area contributed by atoms with E-state index in [4.69, 9.17) is 5.11 Å². The number of unbranched alkanes of at least 4 members (excludes halogenated alkanes) is 1. The van der Waals surface area contributed by atoms with Crippen LogP contribution in [0.25, 0.3) is 5.69 Å². The Morgan fingerprint density at radius 2 is 1.84 bits per heavy atom. The zero-order valence-corrected chi connectivity index (χ0v) is 13.7. The van der Waals surface area contributed by atoms with Gasteiger partial charge in [-0.25, -0.2) is 14.6 Å². The zero-order valence-electron chi connectivity index (χ0n) is 13.7. The van der Waals surface area contributed by atoms with Crippen LogP contribution in [-0.4, -0.2) is 37.3 Å². The average molecular weight is 337 g/mol. The molecule has 7 heteroatoms. The highest BCUT2D eigenvalue weighted by Crippen LogP contribution is 2.09. The first-order chi connectivity index (χ1) is 12.2. The Kier molecular flexibility index (Phi) is 5.36. The molecule has 0 unspecified atom stereocenters. The number of aromatic nitrogens is 4. The molecule has 3 rings (SSSR count). The predicted octanol–water partition coefficient (Wildman–Crippen LogP) is 2.12. The summed E-state index contributed by atoms with van der Waals surface area (Å²) in [5.41, 5.74) is 2.20. The first-order valence-electron chi connectivity index (χ1n) is 8.10. The number of hydrogen-bond acceptors (Lipinski definition) is 5. The summed E-state index contributed by atoms with van der Waals surface area (Å²) in [6, 6.07) is 9.97. The average Bonchev–Trinajstić information content (AvgIpc) is 3.11. The maximum absolute atomic E-state index is 11.8. The zero-order chi connectivity index (χ0) is 17.5. The van der Waals surface area contributed by atoms with Gasteiger partial charge in [0, 0.05) is 12.7 Å². The van der Waals surface area contributed by atoms with E-state index in [9.17, 15) is 4.79 Å². The molecule has 0 bridgehead atoms. The van der Waals surface area contributed by atoms with Crippen LogP contribution in [-0.2, 0) is 6.42 Å². The second-order valence-corrected chi connectivity index (χ2v) is 5.61. The highest BCUT2D eigenvalue weighted by Gasteiger charge is 2.08. The van der Waals surface area contributed by atoms with Crippen LogP contribution in [0.5, 0.6) is 5.75 Å². The molecule has 25 heavy (non-hydrogen) atoms. The van der Waals surface area contributed by atoms with Gasteiger partial charge in [-0.2, -0.15) is 5.10 Å². The first kappa shape index (κ1) is 16.6. The fourth-order valence-electron chi connectivity index (χ4n) is 2.38. The molecule has 1 amide bonds. The first-order valence-corrected chi connectivity index (χ1v) is 8.10. The molecule has 1 aromatic carbocycles. The third kappa shape index (κ3) is 4.63. The Labute approximate surface area is 145 Å². The normalized spacial score (nSPS) is 10.6. The van der Waals surface area contributed by atoms with Crippen molar-refractivity contribution in [2.75, 3.05) is 6.54 Å². The van der Waals surface area contributed by atoms with Gasteiger partial charge >= 0.3 is 0 Å². The molecule has 0 radical (unpaired) electrons. The molecule has 0 fully saturated rings. The van der Waals surface area contributed by atoms with Gasteiger partial charge in [0.05, 0.1) is 24.3 Å². The SMILES string of the molecule is O=C(NCCCCc1cnn(-c2ccccc2)c1)c1ncc(O)cn1. The van der Waals surface area contributed by atoms with E-state index in [-0.39, 0.29) is 17.5 Å². The van der Waals surface area contributed by atoms with Gasteiger partial charge < -0.3 is 10.4 Å². The lowest BCUT2D eigenvalue weighted by Crippen LogP contribution is -2.26. The van der Waals surface area contributed by atoms with Gasteiger partial charge in [-0.1, -0.05) is 18.2 Å². The molecule has 0 saturated carbocycles. The maximum atomic E-state index is 11.8. The number of benzene rings is 1. The van der Waals surface area contributed by atoms with E-state index in [0.29, 0.717) is 6.54 Å². The highest BCUT2D eigenvalue weighted by molar-refractivity contribution is 5.90. The fraction of sp³-hybridized carbons (Fsp3) is 0.222. The van der Waals surface area contributed by atoms with Gasteiger partial charge in [0.2, 0.25) is 5.82 Å². The van der Waals surface area contributed by atoms with Gasteiger partial charge in [0.15, 0.2) is 5.75 Å². The Bertz CT molecular complexity index is 815. The topological polar surface area (TPSA) is 92.9 Å². The summed E-state index contributed by atoms with van der Waals surface area (Å²) >= 11 is 0. The lowest BCUT2D eigenvalue weighted by molar-refractivity contribution is 0.0942. The van der Waals surface area contributed by atoms with Crippen molar-refractivity contribution >= 4 is 5.91 Å². The molecule has 2 aromatic heterocycles. The summed E-state index contributed by atoms with van der Waals surface area (Å²) in [6.07, 6.45) is 8.99. The fourth-order valence-corrected chi connectivity index (χ4v) is 2.38. The minimum atomic E-state index is -0.336. The van der Waals surface area contributed by atoms with Crippen LogP contribution < -0.4 is 5.32 Å². The second kappa shape index (κ2) is 8.05. The minimum absolute atomic E-state index is 0.0573. The summed E-state index contributed by atoms with van der Waals surface area (Å²) in [5.74, 6) is -0.341. The number of nitrogens with one attached hydrogen (secondary N) is 1. The summed E-state index contributed by atoms with van der Waals surface area (Å²) in [5, 5.41) is 16.2. The van der Waals surface area contributed by atoms with Crippen molar-refractivity contribution in [3.8, 4) is 11.4 Å². The summed E-state index contributed by atoms with van der Waals surface area (Å²) in [7, 11) is 0. The number of carbonyl (C=O) groups is 1. The lowest BCUT2D eigenvalue weighted by atomic mass is 10.1. The van der Waals surface area contributed by atoms with Crippen LogP contribution in [0, 0.1) is 0 Å². The summed E-state index contributed by atoms with van der Waals surface area (Å²) < 4.78 is 1.86. The second-order valence-electron chi connectivity index (χ2n) is 5.61. The smallest absolute Gasteiger partial charge is 0.289 e. The van der Waals surface area contributed by atoms with Crippen molar-refractivity contribution in [3.63, 3.8) is 0 Å². The largest absolute Gasteiger partial charge is 0.505 e. The number of aromatic hydroxyl groups is 1. The van der Waals surface area contributed by atoms with Crippen LogP contribution >= 0.6 is 0 Å². The molecule has 0 aliphatic rings. The number of rotatable bonds is 7. The van der Waals surface area contributed by atoms with E-state index < -0.39 is 0 Å². The molecule has 0 saturated heterocycles. The predicted molar refractivity (Wildman–Crippen MR) is 92.5 cm³/mol. The van der Waals surface area contributed by atoms with Crippen molar-refractivity contribution in [2.24, 2.45) is 0 Å². The Balaban J connectivity index is 1.39. The molecule has 128 valence electrons. The van der Waals surface area contributed by atoms with Gasteiger partial charge in [-0.15, -0.1) is 0 Å². The number of nitrogens with zero attached hydrogens (tertiary/aromatic N) is 4. The van der Waals surface area contributed by atoms with E-state index in [1.807, 2.05) is 47.4 Å². The molecule has 0 aliphatic carbocycles. The third-order valence-corrected chi connectivity index (χ3v) is 3.68. The summed E-state index contributed by atoms with van der Waals surface area (Å²) in [6.45, 7) is 0.551. The van der Waals surface area contributed by atoms with Crippen LogP contribution in [0.2, 0.25) is 0 Å². The van der Waals surface area contributed by atoms with Crippen LogP contribution in [0.1, 0.15) is 29.0 Å². The molecule has 0 spiro atoms. The number of aryl methyl sites for hydroxylation is 1. The van der Waals surface area contributed by atoms with Crippen molar-refractivity contribution in [3.05, 3.63) is 66.5 Å². The van der Waals surface area contributed by atoms with Crippen molar-refractivity contribution in [1.29, 1.82) is 0 Å². The highest BCUT2D eigenvalue weighted by atomic mass is 16.3. The van der Waals surface area contributed by atoms with E-state index in [2.05, 4.69) is 20.4 Å². The monoisotopic (exact) mass is 337 g/mol. The van der Waals surface area contributed by atoms with Crippen LogP contribution in [0.15, 0.2) is 55.1 Å². The van der Waals surface area contributed by atoms with Crippen molar-refractivity contribution in [1.82, 2.24) is 25.1 Å². The molecule has 0 atom stereocenters. The van der Waals surface area contributed by atoms with Gasteiger partial charge in [-0.3, -0.25) is 4.79 Å². The van der Waals surface area contributed by atoms with E-state index in [0.717, 1.165) is 30.5 Å². The number of para-hydroxylation sites is 1. The van der Waals surface area contributed by atoms with E-state index >= 15 is 0 Å². The van der Waals surface area contributed by atoms with Gasteiger partial charge in [-0.05, 0) is 37.0 Å². The standard InChI is InChI=1S/C18H19N5O2/c24-16-11-20-17(21-12-16)18(25)19-9-5-4-6-14-10-22-23(13-14)15-7-2-1-3-8-15/h1-3,7-8,10-13,24H,4-6,9H2,(H,19,25). The Morgan fingerprint density at radius 3 is 2.60 bits per heavy atom. The van der Waals surface area contributed by atoms with Gasteiger partial charge in [0.25, 0.3) is 5.91 Å². The molecular weight excluding hydrogens is 318 g/mol. The number of amides is 1. The quantitative estimate of drug-likeness (QED) is 0.644. The molecule has 2 heterocycles. The third-order valence-electron chi connectivity index (χ3n) is 3.68. The van der Waals surface area contributed by atoms with E-state index in [1.165, 1.54) is 12.4 Å². The van der Waals surface area contributed by atoms with E-state index in [1.54, 1.807) is 0 Å². The number of carbonyl (C=O) groups excluding carboxylic acids is 1. The maximum Gasteiger partial charge on any atom is 0.289 e. The molecule has 3 aromatic rings.